The van der Waals surface area contributed by atoms with Gasteiger partial charge in [0.05, 0.1) is 5.41 Å². The third kappa shape index (κ3) is 10.0. The van der Waals surface area contributed by atoms with Crippen LogP contribution in [0.1, 0.15) is 86.5 Å². The minimum absolute atomic E-state index is 0.000942. The molecule has 0 aromatic carbocycles. The van der Waals surface area contributed by atoms with E-state index in [2.05, 4.69) is 46.4 Å². The lowest BCUT2D eigenvalue weighted by molar-refractivity contribution is -0.157. The van der Waals surface area contributed by atoms with Gasteiger partial charge in [-0.2, -0.15) is 0 Å². The van der Waals surface area contributed by atoms with Gasteiger partial charge in [0, 0.05) is 6.54 Å². The molecule has 23 heavy (non-hydrogen) atoms. The van der Waals surface area contributed by atoms with Gasteiger partial charge in [-0.25, -0.2) is 0 Å². The lowest BCUT2D eigenvalue weighted by atomic mass is 9.78. The van der Waals surface area contributed by atoms with Crippen molar-refractivity contribution in [2.45, 2.75) is 86.5 Å². The second kappa shape index (κ2) is 12.8. The monoisotopic (exact) mass is 327 g/mol. The number of rotatable bonds is 14. The van der Waals surface area contributed by atoms with Crippen LogP contribution in [0.25, 0.3) is 0 Å². The van der Waals surface area contributed by atoms with E-state index < -0.39 is 0 Å². The smallest absolute Gasteiger partial charge is 0.311 e. The molecule has 0 aromatic heterocycles. The molecule has 0 heterocycles. The normalized spacial score (nSPS) is 14.3. The Morgan fingerprint density at radius 3 is 2.00 bits per heavy atom. The molecule has 0 bridgehead atoms. The summed E-state index contributed by atoms with van der Waals surface area (Å²) in [6.45, 7) is 16.7. The molecule has 0 aromatic rings. The summed E-state index contributed by atoms with van der Waals surface area (Å²) in [7, 11) is 0. The SMILES string of the molecule is CCCCN(CCCC)CCOC(=O)C(C)(CCC)CC(C)C. The fourth-order valence-electron chi connectivity index (χ4n) is 3.28. The summed E-state index contributed by atoms with van der Waals surface area (Å²) in [4.78, 5) is 15.0. The van der Waals surface area contributed by atoms with Gasteiger partial charge in [0.2, 0.25) is 0 Å². The summed E-state index contributed by atoms with van der Waals surface area (Å²) in [5, 5.41) is 0. The summed E-state index contributed by atoms with van der Waals surface area (Å²) in [5.74, 6) is 0.517. The van der Waals surface area contributed by atoms with E-state index in [-0.39, 0.29) is 11.4 Å². The topological polar surface area (TPSA) is 29.5 Å². The molecule has 1 unspecified atom stereocenters. The van der Waals surface area contributed by atoms with Gasteiger partial charge in [-0.15, -0.1) is 0 Å². The Hall–Kier alpha value is -0.570. The summed E-state index contributed by atoms with van der Waals surface area (Å²) in [6, 6.07) is 0. The van der Waals surface area contributed by atoms with Crippen molar-refractivity contribution in [2.75, 3.05) is 26.2 Å². The van der Waals surface area contributed by atoms with E-state index in [9.17, 15) is 4.79 Å². The number of hydrogen-bond acceptors (Lipinski definition) is 3. The highest BCUT2D eigenvalue weighted by atomic mass is 16.5. The van der Waals surface area contributed by atoms with Gasteiger partial charge < -0.3 is 4.74 Å². The molecule has 1 atom stereocenters. The quantitative estimate of drug-likeness (QED) is 0.406. The van der Waals surface area contributed by atoms with E-state index in [0.29, 0.717) is 12.5 Å². The predicted molar refractivity (Wildman–Crippen MR) is 99.7 cm³/mol. The maximum atomic E-state index is 12.6. The van der Waals surface area contributed by atoms with Crippen molar-refractivity contribution >= 4 is 5.97 Å². The van der Waals surface area contributed by atoms with Crippen LogP contribution < -0.4 is 0 Å². The maximum absolute atomic E-state index is 12.6. The first-order valence-corrected chi connectivity index (χ1v) is 9.79. The largest absolute Gasteiger partial charge is 0.464 e. The number of esters is 1. The molecule has 3 nitrogen and oxygen atoms in total. The summed E-state index contributed by atoms with van der Waals surface area (Å²) >= 11 is 0. The number of ether oxygens (including phenoxy) is 1. The van der Waals surface area contributed by atoms with Crippen LogP contribution in [0.5, 0.6) is 0 Å². The highest BCUT2D eigenvalue weighted by molar-refractivity contribution is 5.76. The Kier molecular flexibility index (Phi) is 12.5. The minimum atomic E-state index is -0.319. The molecule has 0 aliphatic rings. The third-order valence-corrected chi connectivity index (χ3v) is 4.45. The summed E-state index contributed by atoms with van der Waals surface area (Å²) in [6.07, 6.45) is 7.72. The van der Waals surface area contributed by atoms with E-state index in [1.54, 1.807) is 0 Å². The summed E-state index contributed by atoms with van der Waals surface area (Å²) in [5.41, 5.74) is -0.319. The van der Waals surface area contributed by atoms with Crippen LogP contribution in [0.4, 0.5) is 0 Å². The maximum Gasteiger partial charge on any atom is 0.311 e. The lowest BCUT2D eigenvalue weighted by Gasteiger charge is -2.29. The van der Waals surface area contributed by atoms with E-state index in [0.717, 1.165) is 38.9 Å². The average molecular weight is 328 g/mol. The first kappa shape index (κ1) is 22.4. The lowest BCUT2D eigenvalue weighted by Crippen LogP contribution is -2.35. The molecule has 0 aliphatic heterocycles. The van der Waals surface area contributed by atoms with Crippen LogP contribution in [0, 0.1) is 11.3 Å². The number of hydrogen-bond donors (Lipinski definition) is 0. The Bertz CT molecular complexity index is 296. The molecular formula is C20H41NO2. The second-order valence-electron chi connectivity index (χ2n) is 7.59. The van der Waals surface area contributed by atoms with Gasteiger partial charge in [-0.3, -0.25) is 9.69 Å². The van der Waals surface area contributed by atoms with Gasteiger partial charge in [0.1, 0.15) is 6.61 Å². The second-order valence-corrected chi connectivity index (χ2v) is 7.59. The molecule has 0 rings (SSSR count). The van der Waals surface area contributed by atoms with Gasteiger partial charge in [-0.05, 0) is 51.6 Å². The number of unbranched alkanes of at least 4 members (excludes halogenated alkanes) is 2. The Labute approximate surface area is 145 Å². The average Bonchev–Trinajstić information content (AvgIpc) is 2.48. The van der Waals surface area contributed by atoms with Crippen LogP contribution in [-0.4, -0.2) is 37.1 Å². The Balaban J connectivity index is 4.39. The van der Waals surface area contributed by atoms with Crippen molar-refractivity contribution in [2.24, 2.45) is 11.3 Å². The molecule has 138 valence electrons. The Morgan fingerprint density at radius 2 is 1.57 bits per heavy atom. The van der Waals surface area contributed by atoms with E-state index in [1.807, 2.05) is 0 Å². The molecule has 0 N–H and O–H groups in total. The number of carbonyl (C=O) groups excluding carboxylic acids is 1. The molecule has 0 radical (unpaired) electrons. The van der Waals surface area contributed by atoms with E-state index >= 15 is 0 Å². The van der Waals surface area contributed by atoms with Crippen LogP contribution in [-0.2, 0) is 9.53 Å². The first-order chi connectivity index (χ1) is 10.9. The molecular weight excluding hydrogens is 286 g/mol. The van der Waals surface area contributed by atoms with Crippen molar-refractivity contribution in [1.29, 1.82) is 0 Å². The molecule has 0 fully saturated rings. The molecule has 0 spiro atoms. The van der Waals surface area contributed by atoms with E-state index in [1.165, 1.54) is 25.7 Å². The van der Waals surface area contributed by atoms with Crippen molar-refractivity contribution in [3.05, 3.63) is 0 Å². The predicted octanol–water partition coefficient (Wildman–Crippen LogP) is 5.28. The molecule has 0 saturated heterocycles. The van der Waals surface area contributed by atoms with Crippen molar-refractivity contribution in [1.82, 2.24) is 4.90 Å². The highest BCUT2D eigenvalue weighted by Crippen LogP contribution is 2.32. The molecule has 3 heteroatoms. The zero-order valence-electron chi connectivity index (χ0n) is 16.6. The first-order valence-electron chi connectivity index (χ1n) is 9.79. The fraction of sp³-hybridized carbons (Fsp3) is 0.950. The number of nitrogens with zero attached hydrogens (tertiary/aromatic N) is 1. The van der Waals surface area contributed by atoms with Crippen molar-refractivity contribution < 1.29 is 9.53 Å². The zero-order chi connectivity index (χ0) is 17.7. The molecule has 0 amide bonds. The van der Waals surface area contributed by atoms with Gasteiger partial charge in [-0.1, -0.05) is 53.9 Å². The van der Waals surface area contributed by atoms with Crippen LogP contribution >= 0.6 is 0 Å². The van der Waals surface area contributed by atoms with Gasteiger partial charge in [0.25, 0.3) is 0 Å². The standard InChI is InChI=1S/C20H41NO2/c1-7-10-13-21(14-11-8-2)15-16-23-19(22)20(6,12-9-3)17-18(4)5/h18H,7-17H2,1-6H3. The van der Waals surface area contributed by atoms with Gasteiger partial charge in [0.15, 0.2) is 0 Å². The molecule has 0 saturated carbocycles. The minimum Gasteiger partial charge on any atom is -0.464 e. The fourth-order valence-corrected chi connectivity index (χ4v) is 3.28. The van der Waals surface area contributed by atoms with Crippen LogP contribution in [0.15, 0.2) is 0 Å². The third-order valence-electron chi connectivity index (χ3n) is 4.45. The zero-order valence-corrected chi connectivity index (χ0v) is 16.6. The van der Waals surface area contributed by atoms with Crippen molar-refractivity contribution in [3.8, 4) is 0 Å². The summed E-state index contributed by atoms with van der Waals surface area (Å²) < 4.78 is 5.67. The highest BCUT2D eigenvalue weighted by Gasteiger charge is 2.34. The van der Waals surface area contributed by atoms with Crippen LogP contribution in [0.2, 0.25) is 0 Å². The molecule has 0 aliphatic carbocycles. The van der Waals surface area contributed by atoms with Crippen LogP contribution in [0.3, 0.4) is 0 Å². The van der Waals surface area contributed by atoms with Crippen molar-refractivity contribution in [3.63, 3.8) is 0 Å². The number of carbonyl (C=O) groups is 1. The van der Waals surface area contributed by atoms with Gasteiger partial charge >= 0.3 is 5.97 Å². The van der Waals surface area contributed by atoms with E-state index in [4.69, 9.17) is 4.74 Å². The Morgan fingerprint density at radius 1 is 1.00 bits per heavy atom.